The second-order valence-corrected chi connectivity index (χ2v) is 8.40. The highest BCUT2D eigenvalue weighted by Crippen LogP contribution is 2.37. The Kier molecular flexibility index (Phi) is 4.52. The normalized spacial score (nSPS) is 19.6. The van der Waals surface area contributed by atoms with E-state index in [4.69, 9.17) is 0 Å². The Morgan fingerprint density at radius 3 is 2.30 bits per heavy atom. The highest BCUT2D eigenvalue weighted by Gasteiger charge is 2.50. The summed E-state index contributed by atoms with van der Waals surface area (Å²) in [4.78, 5) is 28.7. The van der Waals surface area contributed by atoms with Crippen LogP contribution in [0.25, 0.3) is 11.1 Å². The van der Waals surface area contributed by atoms with Gasteiger partial charge in [-0.05, 0) is 36.1 Å². The van der Waals surface area contributed by atoms with Crippen molar-refractivity contribution >= 4 is 17.5 Å². The zero-order chi connectivity index (χ0) is 20.9. The van der Waals surface area contributed by atoms with Crippen LogP contribution in [0.5, 0.6) is 0 Å². The molecule has 0 aromatic heterocycles. The Morgan fingerprint density at radius 2 is 1.63 bits per heavy atom. The molecule has 2 fully saturated rings. The summed E-state index contributed by atoms with van der Waals surface area (Å²) in [5.74, 6) is -0.204. The highest BCUT2D eigenvalue weighted by atomic mass is 16.3. The molecule has 2 amide bonds. The Hall–Kier alpha value is -2.90. The second-order valence-electron chi connectivity index (χ2n) is 8.40. The number of para-hydroxylation sites is 1. The van der Waals surface area contributed by atoms with E-state index in [0.29, 0.717) is 44.6 Å². The average Bonchev–Trinajstić information content (AvgIpc) is 3.43. The fourth-order valence-electron chi connectivity index (χ4n) is 4.36. The molecule has 1 saturated heterocycles. The maximum absolute atomic E-state index is 12.9. The molecule has 0 bridgehead atoms. The first kappa shape index (κ1) is 19.1. The van der Waals surface area contributed by atoms with Gasteiger partial charge in [-0.2, -0.15) is 0 Å². The predicted octanol–water partition coefficient (Wildman–Crippen LogP) is 1.62. The number of carbonyl (C=O) groups is 2. The standard InChI is InChI=1S/C23H26N4O3/c1-25-20-18(15-24-25)3-2-4-19(20)16-5-7-17(8-6-16)21(28)26-11-13-27(14-12-26)22(29)23(30)9-10-23/h2-8,24,30H,9-15H2,1H3. The van der Waals surface area contributed by atoms with Crippen LogP contribution in [-0.4, -0.2) is 65.5 Å². The van der Waals surface area contributed by atoms with Gasteiger partial charge in [0.15, 0.2) is 0 Å². The van der Waals surface area contributed by atoms with Crippen LogP contribution < -0.4 is 10.4 Å². The van der Waals surface area contributed by atoms with Crippen molar-refractivity contribution in [3.05, 3.63) is 53.6 Å². The van der Waals surface area contributed by atoms with Crippen LogP contribution in [0.4, 0.5) is 5.69 Å². The molecule has 2 heterocycles. The van der Waals surface area contributed by atoms with Gasteiger partial charge in [0.2, 0.25) is 0 Å². The van der Waals surface area contributed by atoms with Crippen LogP contribution in [0, 0.1) is 0 Å². The lowest BCUT2D eigenvalue weighted by Crippen LogP contribution is -2.53. The number of carbonyl (C=O) groups excluding carboxylic acids is 2. The third-order valence-corrected chi connectivity index (χ3v) is 6.38. The molecule has 2 aromatic carbocycles. The van der Waals surface area contributed by atoms with Crippen molar-refractivity contribution in [2.75, 3.05) is 38.2 Å². The molecule has 3 aliphatic rings. The van der Waals surface area contributed by atoms with Crippen LogP contribution >= 0.6 is 0 Å². The third kappa shape index (κ3) is 3.24. The van der Waals surface area contributed by atoms with Crippen LogP contribution in [-0.2, 0) is 11.3 Å². The minimum absolute atomic E-state index is 0.0177. The maximum Gasteiger partial charge on any atom is 0.254 e. The number of amides is 2. The molecular weight excluding hydrogens is 380 g/mol. The minimum Gasteiger partial charge on any atom is -0.380 e. The van der Waals surface area contributed by atoms with Crippen molar-refractivity contribution in [2.45, 2.75) is 25.0 Å². The summed E-state index contributed by atoms with van der Waals surface area (Å²) in [7, 11) is 2.01. The van der Waals surface area contributed by atoms with Gasteiger partial charge in [0.25, 0.3) is 11.8 Å². The first-order chi connectivity index (χ1) is 14.5. The van der Waals surface area contributed by atoms with Gasteiger partial charge in [-0.3, -0.25) is 9.59 Å². The van der Waals surface area contributed by atoms with Crippen molar-refractivity contribution in [2.24, 2.45) is 0 Å². The Labute approximate surface area is 175 Å². The second kappa shape index (κ2) is 7.11. The van der Waals surface area contributed by atoms with Gasteiger partial charge in [-0.15, -0.1) is 0 Å². The Balaban J connectivity index is 1.27. The lowest BCUT2D eigenvalue weighted by Gasteiger charge is -2.35. The smallest absolute Gasteiger partial charge is 0.254 e. The zero-order valence-corrected chi connectivity index (χ0v) is 17.1. The van der Waals surface area contributed by atoms with Crippen molar-refractivity contribution in [1.29, 1.82) is 0 Å². The molecule has 2 aromatic rings. The fraction of sp³-hybridized carbons (Fsp3) is 0.391. The van der Waals surface area contributed by atoms with E-state index in [-0.39, 0.29) is 11.8 Å². The molecule has 1 aliphatic carbocycles. The number of rotatable bonds is 3. The lowest BCUT2D eigenvalue weighted by molar-refractivity contribution is -0.143. The molecule has 7 nitrogen and oxygen atoms in total. The number of nitrogens with one attached hydrogen (secondary N) is 1. The van der Waals surface area contributed by atoms with E-state index in [0.717, 1.165) is 17.7 Å². The average molecular weight is 406 g/mol. The van der Waals surface area contributed by atoms with Gasteiger partial charge in [0, 0.05) is 50.9 Å². The lowest BCUT2D eigenvalue weighted by atomic mass is 9.99. The van der Waals surface area contributed by atoms with Gasteiger partial charge in [0.1, 0.15) is 5.60 Å². The first-order valence-corrected chi connectivity index (χ1v) is 10.5. The molecule has 30 heavy (non-hydrogen) atoms. The van der Waals surface area contributed by atoms with Gasteiger partial charge in [0.05, 0.1) is 5.69 Å². The highest BCUT2D eigenvalue weighted by molar-refractivity contribution is 5.95. The summed E-state index contributed by atoms with van der Waals surface area (Å²) in [5, 5.41) is 12.1. The number of anilines is 1. The van der Waals surface area contributed by atoms with Crippen molar-refractivity contribution < 1.29 is 14.7 Å². The van der Waals surface area contributed by atoms with E-state index in [1.807, 2.05) is 36.3 Å². The third-order valence-electron chi connectivity index (χ3n) is 6.38. The molecular formula is C23H26N4O3. The van der Waals surface area contributed by atoms with Gasteiger partial charge >= 0.3 is 0 Å². The van der Waals surface area contributed by atoms with Gasteiger partial charge < -0.3 is 19.9 Å². The van der Waals surface area contributed by atoms with Crippen molar-refractivity contribution in [1.82, 2.24) is 15.2 Å². The molecule has 0 spiro atoms. The molecule has 1 saturated carbocycles. The Bertz CT molecular complexity index is 992. The number of nitrogens with zero attached hydrogens (tertiary/aromatic N) is 3. The molecule has 0 radical (unpaired) electrons. The topological polar surface area (TPSA) is 76.1 Å². The number of hydrazine groups is 1. The van der Waals surface area contributed by atoms with Crippen LogP contribution in [0.15, 0.2) is 42.5 Å². The first-order valence-electron chi connectivity index (χ1n) is 10.5. The van der Waals surface area contributed by atoms with E-state index >= 15 is 0 Å². The van der Waals surface area contributed by atoms with E-state index in [9.17, 15) is 14.7 Å². The number of hydrogen-bond acceptors (Lipinski definition) is 5. The zero-order valence-electron chi connectivity index (χ0n) is 17.1. The predicted molar refractivity (Wildman–Crippen MR) is 114 cm³/mol. The summed E-state index contributed by atoms with van der Waals surface area (Å²) >= 11 is 0. The molecule has 0 atom stereocenters. The van der Waals surface area contributed by atoms with E-state index in [2.05, 4.69) is 23.6 Å². The van der Waals surface area contributed by atoms with Gasteiger partial charge in [-0.25, -0.2) is 5.43 Å². The number of piperazine rings is 1. The summed E-state index contributed by atoms with van der Waals surface area (Å²) in [6.07, 6.45) is 1.10. The quantitative estimate of drug-likeness (QED) is 0.810. The molecule has 5 rings (SSSR count). The molecule has 7 heteroatoms. The fourth-order valence-corrected chi connectivity index (χ4v) is 4.36. The number of fused-ring (bicyclic) bond motifs is 1. The van der Waals surface area contributed by atoms with E-state index < -0.39 is 5.60 Å². The number of aliphatic hydroxyl groups is 1. The monoisotopic (exact) mass is 406 g/mol. The SMILES string of the molecule is CN1NCc2cccc(-c3ccc(C(=O)N4CCN(C(=O)C5(O)CC5)CC4)cc3)c21. The number of benzene rings is 2. The minimum atomic E-state index is -1.14. The summed E-state index contributed by atoms with van der Waals surface area (Å²) in [5.41, 5.74) is 7.49. The van der Waals surface area contributed by atoms with Crippen LogP contribution in [0.1, 0.15) is 28.8 Å². The van der Waals surface area contributed by atoms with Gasteiger partial charge in [-0.1, -0.05) is 30.3 Å². The van der Waals surface area contributed by atoms with Crippen LogP contribution in [0.2, 0.25) is 0 Å². The van der Waals surface area contributed by atoms with E-state index in [1.54, 1.807) is 9.80 Å². The number of hydrogen-bond donors (Lipinski definition) is 2. The van der Waals surface area contributed by atoms with Crippen LogP contribution in [0.3, 0.4) is 0 Å². The Morgan fingerprint density at radius 1 is 0.967 bits per heavy atom. The van der Waals surface area contributed by atoms with Crippen molar-refractivity contribution in [3.8, 4) is 11.1 Å². The summed E-state index contributed by atoms with van der Waals surface area (Å²) < 4.78 is 0. The maximum atomic E-state index is 12.9. The molecule has 156 valence electrons. The molecule has 2 aliphatic heterocycles. The molecule has 2 N–H and O–H groups in total. The molecule has 0 unspecified atom stereocenters. The van der Waals surface area contributed by atoms with Crippen molar-refractivity contribution in [3.63, 3.8) is 0 Å². The summed E-state index contributed by atoms with van der Waals surface area (Å²) in [6.45, 7) is 2.75. The summed E-state index contributed by atoms with van der Waals surface area (Å²) in [6, 6.07) is 14.0. The largest absolute Gasteiger partial charge is 0.380 e. The van der Waals surface area contributed by atoms with E-state index in [1.165, 1.54) is 11.3 Å².